The molecule has 3 rings (SSSR count). The molecule has 2 fully saturated rings. The number of carbonyl (C=O) groups is 1. The highest BCUT2D eigenvalue weighted by Crippen LogP contribution is 2.31. The molecule has 2 aliphatic rings. The van der Waals surface area contributed by atoms with E-state index in [4.69, 9.17) is 4.74 Å². The molecule has 2 heterocycles. The van der Waals surface area contributed by atoms with Crippen molar-refractivity contribution < 1.29 is 9.53 Å². The molecule has 8 heteroatoms. The number of methoxy groups -OCH3 is 1. The molecule has 0 spiro atoms. The normalized spacial score (nSPS) is 27.6. The number of hydrogen-bond donors (Lipinski definition) is 1. The number of amides is 2. The topological polar surface area (TPSA) is 75.5 Å². The summed E-state index contributed by atoms with van der Waals surface area (Å²) >= 11 is 0. The van der Waals surface area contributed by atoms with Crippen molar-refractivity contribution in [3.63, 3.8) is 0 Å². The van der Waals surface area contributed by atoms with Gasteiger partial charge in [-0.25, -0.2) is 4.79 Å². The van der Waals surface area contributed by atoms with E-state index in [1.54, 1.807) is 11.8 Å². The molecular formula is C16H28N6O2. The minimum absolute atomic E-state index is 0.113. The van der Waals surface area contributed by atoms with Gasteiger partial charge in [-0.05, 0) is 32.6 Å². The third-order valence-corrected chi connectivity index (χ3v) is 5.57. The van der Waals surface area contributed by atoms with E-state index < -0.39 is 0 Å². The Bertz CT molecular complexity index is 589. The van der Waals surface area contributed by atoms with Crippen LogP contribution in [0.1, 0.15) is 31.4 Å². The van der Waals surface area contributed by atoms with Gasteiger partial charge < -0.3 is 9.64 Å². The summed E-state index contributed by atoms with van der Waals surface area (Å²) in [6.07, 6.45) is 4.75. The van der Waals surface area contributed by atoms with Crippen molar-refractivity contribution >= 4 is 11.8 Å². The minimum Gasteiger partial charge on any atom is -0.380 e. The lowest BCUT2D eigenvalue weighted by atomic mass is 10.1. The summed E-state index contributed by atoms with van der Waals surface area (Å²) in [5.41, 5.74) is 0.849. The summed E-state index contributed by atoms with van der Waals surface area (Å²) in [6.45, 7) is 3.91. The molecule has 0 bridgehead atoms. The number of hydrogen-bond acceptors (Lipinski definition) is 5. The number of nitrogens with zero attached hydrogens (tertiary/aromatic N) is 5. The van der Waals surface area contributed by atoms with Gasteiger partial charge in [0.15, 0.2) is 5.82 Å². The summed E-state index contributed by atoms with van der Waals surface area (Å²) in [5.74, 6) is 0.532. The highest BCUT2D eigenvalue weighted by atomic mass is 16.5. The second kappa shape index (κ2) is 7.06. The van der Waals surface area contributed by atoms with Crippen molar-refractivity contribution in [1.29, 1.82) is 0 Å². The first-order chi connectivity index (χ1) is 11.5. The molecule has 134 valence electrons. The predicted octanol–water partition coefficient (Wildman–Crippen LogP) is 1.23. The van der Waals surface area contributed by atoms with Crippen molar-refractivity contribution in [1.82, 2.24) is 24.8 Å². The van der Waals surface area contributed by atoms with Gasteiger partial charge >= 0.3 is 6.03 Å². The fourth-order valence-corrected chi connectivity index (χ4v) is 3.91. The summed E-state index contributed by atoms with van der Waals surface area (Å²) in [6, 6.07) is 0.541. The average Bonchev–Trinajstić information content (AvgIpc) is 3.29. The summed E-state index contributed by atoms with van der Waals surface area (Å²) in [7, 11) is 5.48. The highest BCUT2D eigenvalue weighted by molar-refractivity contribution is 5.88. The third kappa shape index (κ3) is 3.25. The van der Waals surface area contributed by atoms with Crippen LogP contribution in [0, 0.1) is 6.92 Å². The van der Waals surface area contributed by atoms with Crippen LogP contribution in [0.15, 0.2) is 0 Å². The zero-order chi connectivity index (χ0) is 17.3. The molecule has 1 aliphatic carbocycles. The van der Waals surface area contributed by atoms with Crippen LogP contribution in [0.5, 0.6) is 0 Å². The summed E-state index contributed by atoms with van der Waals surface area (Å²) in [4.78, 5) is 17.0. The van der Waals surface area contributed by atoms with E-state index >= 15 is 0 Å². The number of ether oxygens (including phenoxy) is 1. The van der Waals surface area contributed by atoms with Gasteiger partial charge in [-0.1, -0.05) is 5.21 Å². The lowest BCUT2D eigenvalue weighted by molar-refractivity contribution is 0.0907. The van der Waals surface area contributed by atoms with Crippen LogP contribution in [0.25, 0.3) is 0 Å². The maximum absolute atomic E-state index is 12.6. The summed E-state index contributed by atoms with van der Waals surface area (Å²) in [5, 5.41) is 10.8. The summed E-state index contributed by atoms with van der Waals surface area (Å²) < 4.78 is 7.14. The fraction of sp³-hybridized carbons (Fsp3) is 0.812. The Morgan fingerprint density at radius 2 is 2.17 bits per heavy atom. The zero-order valence-corrected chi connectivity index (χ0v) is 15.0. The van der Waals surface area contributed by atoms with Gasteiger partial charge in [0.05, 0.1) is 11.8 Å². The molecular weight excluding hydrogens is 308 g/mol. The first-order valence-electron chi connectivity index (χ1n) is 8.68. The Kier molecular flexibility index (Phi) is 5.05. The second-order valence-electron chi connectivity index (χ2n) is 6.90. The van der Waals surface area contributed by atoms with E-state index in [0.717, 1.165) is 44.5 Å². The van der Waals surface area contributed by atoms with Gasteiger partial charge in [0, 0.05) is 46.4 Å². The zero-order valence-electron chi connectivity index (χ0n) is 15.0. The number of nitrogens with one attached hydrogen (secondary N) is 1. The van der Waals surface area contributed by atoms with Crippen LogP contribution < -0.4 is 5.32 Å². The van der Waals surface area contributed by atoms with Gasteiger partial charge in [0.1, 0.15) is 0 Å². The smallest absolute Gasteiger partial charge is 0.323 e. The van der Waals surface area contributed by atoms with E-state index in [1.165, 1.54) is 0 Å². The number of carbonyl (C=O) groups excluding carboxylic acids is 1. The SMILES string of the molecule is COC1CCN([C@@H]2CCC[C@@H]2N(C)C(=O)Nc2nnn(C)c2C)C1. The molecule has 1 N–H and O–H groups in total. The Labute approximate surface area is 143 Å². The van der Waals surface area contributed by atoms with Gasteiger partial charge in [-0.2, -0.15) is 0 Å². The third-order valence-electron chi connectivity index (χ3n) is 5.57. The molecule has 1 aromatic heterocycles. The minimum atomic E-state index is -0.113. The van der Waals surface area contributed by atoms with Crippen LogP contribution in [-0.2, 0) is 11.8 Å². The van der Waals surface area contributed by atoms with Gasteiger partial charge in [0.2, 0.25) is 0 Å². The number of urea groups is 1. The van der Waals surface area contributed by atoms with E-state index in [9.17, 15) is 4.79 Å². The van der Waals surface area contributed by atoms with E-state index in [1.807, 2.05) is 25.9 Å². The van der Waals surface area contributed by atoms with Gasteiger partial charge in [-0.15, -0.1) is 5.10 Å². The van der Waals surface area contributed by atoms with Crippen LogP contribution in [0.4, 0.5) is 10.6 Å². The predicted molar refractivity (Wildman–Crippen MR) is 90.9 cm³/mol. The Balaban J connectivity index is 1.63. The van der Waals surface area contributed by atoms with Gasteiger partial charge in [0.25, 0.3) is 0 Å². The van der Waals surface area contributed by atoms with E-state index in [-0.39, 0.29) is 12.1 Å². The Morgan fingerprint density at radius 3 is 2.79 bits per heavy atom. The second-order valence-corrected chi connectivity index (χ2v) is 6.90. The fourth-order valence-electron chi connectivity index (χ4n) is 3.91. The number of anilines is 1. The van der Waals surface area contributed by atoms with Crippen LogP contribution >= 0.6 is 0 Å². The largest absolute Gasteiger partial charge is 0.380 e. The van der Waals surface area contributed by atoms with Crippen LogP contribution in [0.3, 0.4) is 0 Å². The average molecular weight is 336 g/mol. The molecule has 1 unspecified atom stereocenters. The maximum Gasteiger partial charge on any atom is 0.323 e. The molecule has 24 heavy (non-hydrogen) atoms. The van der Waals surface area contributed by atoms with Gasteiger partial charge in [-0.3, -0.25) is 14.9 Å². The monoisotopic (exact) mass is 336 g/mol. The number of rotatable bonds is 4. The number of aryl methyl sites for hydroxylation is 1. The van der Waals surface area contributed by atoms with Crippen molar-refractivity contribution in [2.75, 3.05) is 32.6 Å². The van der Waals surface area contributed by atoms with Crippen molar-refractivity contribution in [2.45, 2.75) is 50.8 Å². The Hall–Kier alpha value is -1.67. The molecule has 3 atom stereocenters. The number of likely N-dealkylation sites (tertiary alicyclic amines) is 1. The maximum atomic E-state index is 12.6. The number of aromatic nitrogens is 3. The van der Waals surface area contributed by atoms with Crippen LogP contribution in [0.2, 0.25) is 0 Å². The Morgan fingerprint density at radius 1 is 1.38 bits per heavy atom. The standard InChI is InChI=1S/C16H28N6O2/c1-11-15(18-19-21(11)3)17-16(23)20(2)13-6-5-7-14(13)22-9-8-12(10-22)24-4/h12-14H,5-10H2,1-4H3,(H,17,23)/t12?,13-,14+/m0/s1. The highest BCUT2D eigenvalue weighted by Gasteiger charge is 2.39. The first kappa shape index (κ1) is 17.2. The molecule has 0 aromatic carbocycles. The molecule has 8 nitrogen and oxygen atoms in total. The van der Waals surface area contributed by atoms with E-state index in [0.29, 0.717) is 18.0 Å². The lowest BCUT2D eigenvalue weighted by Crippen LogP contribution is -2.50. The van der Waals surface area contributed by atoms with Crippen molar-refractivity contribution in [3.05, 3.63) is 5.69 Å². The molecule has 1 saturated heterocycles. The molecule has 0 radical (unpaired) electrons. The number of likely N-dealkylation sites (N-methyl/N-ethyl adjacent to an activating group) is 1. The molecule has 2 amide bonds. The molecule has 1 aromatic rings. The van der Waals surface area contributed by atoms with Crippen molar-refractivity contribution in [2.24, 2.45) is 7.05 Å². The van der Waals surface area contributed by atoms with Crippen molar-refractivity contribution in [3.8, 4) is 0 Å². The first-order valence-corrected chi connectivity index (χ1v) is 8.68. The lowest BCUT2D eigenvalue weighted by Gasteiger charge is -2.35. The van der Waals surface area contributed by atoms with E-state index in [2.05, 4.69) is 20.5 Å². The molecule has 1 aliphatic heterocycles. The van der Waals surface area contributed by atoms with Crippen LogP contribution in [-0.4, -0.2) is 76.3 Å². The molecule has 1 saturated carbocycles. The quantitative estimate of drug-likeness (QED) is 0.895.